The van der Waals surface area contributed by atoms with Crippen LogP contribution in [0.1, 0.15) is 22.8 Å². The summed E-state index contributed by atoms with van der Waals surface area (Å²) in [5.74, 6) is 1.22. The van der Waals surface area contributed by atoms with E-state index in [1.165, 1.54) is 0 Å². The Hall–Kier alpha value is -3.41. The molecule has 0 aliphatic heterocycles. The molecule has 28 heavy (non-hydrogen) atoms. The van der Waals surface area contributed by atoms with Crippen LogP contribution in [0.15, 0.2) is 67.0 Å². The van der Waals surface area contributed by atoms with Crippen molar-refractivity contribution in [3.05, 3.63) is 78.1 Å². The average Bonchev–Trinajstić information content (AvgIpc) is 2.76. The number of aromatic nitrogens is 2. The lowest BCUT2D eigenvalue weighted by molar-refractivity contribution is 0.0953. The number of nitrogens with one attached hydrogen (secondary N) is 1. The molecule has 0 radical (unpaired) electrons. The zero-order valence-electron chi connectivity index (χ0n) is 16.1. The Balaban J connectivity index is 1.57. The van der Waals surface area contributed by atoms with Gasteiger partial charge in [0.1, 0.15) is 5.75 Å². The lowest BCUT2D eigenvalue weighted by Crippen LogP contribution is -2.26. The number of hydrogen-bond donors (Lipinski definition) is 1. The molecule has 144 valence electrons. The summed E-state index contributed by atoms with van der Waals surface area (Å²) in [5, 5.41) is 2.91. The first-order chi connectivity index (χ1) is 13.7. The van der Waals surface area contributed by atoms with Crippen LogP contribution in [0.25, 0.3) is 0 Å². The summed E-state index contributed by atoms with van der Waals surface area (Å²) in [6, 6.07) is 17.7. The van der Waals surface area contributed by atoms with Crippen LogP contribution in [0.2, 0.25) is 0 Å². The van der Waals surface area contributed by atoms with Gasteiger partial charge in [-0.05, 0) is 43.2 Å². The van der Waals surface area contributed by atoms with Crippen molar-refractivity contribution in [3.8, 4) is 5.75 Å². The Bertz CT molecular complexity index is 881. The first-order valence-electron chi connectivity index (χ1n) is 9.27. The number of benzene rings is 2. The standard InChI is InChI=1S/C22H24N4O2/c1-3-26(19-7-5-4-6-8-19)22-24-15-18(16-25-22)21(27)23-14-13-17-9-11-20(28-2)12-10-17/h4-12,15-16H,3,13-14H2,1-2H3,(H,23,27). The number of ether oxygens (including phenoxy) is 1. The predicted octanol–water partition coefficient (Wildman–Crippen LogP) is 3.62. The summed E-state index contributed by atoms with van der Waals surface area (Å²) in [5.41, 5.74) is 2.60. The molecule has 6 heteroatoms. The molecule has 0 saturated carbocycles. The summed E-state index contributed by atoms with van der Waals surface area (Å²) in [6.45, 7) is 3.31. The number of rotatable bonds is 8. The second-order valence-corrected chi connectivity index (χ2v) is 6.21. The van der Waals surface area contributed by atoms with Crippen LogP contribution < -0.4 is 15.0 Å². The molecule has 0 fully saturated rings. The number of carbonyl (C=O) groups is 1. The fourth-order valence-corrected chi connectivity index (χ4v) is 2.84. The molecule has 1 amide bonds. The summed E-state index contributed by atoms with van der Waals surface area (Å²) in [7, 11) is 1.64. The average molecular weight is 376 g/mol. The maximum Gasteiger partial charge on any atom is 0.254 e. The van der Waals surface area contributed by atoms with Crippen molar-refractivity contribution < 1.29 is 9.53 Å². The SMILES string of the molecule is CCN(c1ccccc1)c1ncc(C(=O)NCCc2ccc(OC)cc2)cn1. The van der Waals surface area contributed by atoms with Crippen molar-refractivity contribution >= 4 is 17.5 Å². The van der Waals surface area contributed by atoms with Crippen molar-refractivity contribution in [1.29, 1.82) is 0 Å². The number of carbonyl (C=O) groups excluding carboxylic acids is 1. The number of methoxy groups -OCH3 is 1. The molecule has 3 aromatic rings. The van der Waals surface area contributed by atoms with Crippen molar-refractivity contribution in [3.63, 3.8) is 0 Å². The minimum absolute atomic E-state index is 0.178. The smallest absolute Gasteiger partial charge is 0.254 e. The molecule has 6 nitrogen and oxygen atoms in total. The molecule has 1 aromatic heterocycles. The monoisotopic (exact) mass is 376 g/mol. The van der Waals surface area contributed by atoms with Gasteiger partial charge >= 0.3 is 0 Å². The maximum atomic E-state index is 12.3. The van der Waals surface area contributed by atoms with E-state index < -0.39 is 0 Å². The Morgan fingerprint density at radius 2 is 1.71 bits per heavy atom. The third kappa shape index (κ3) is 4.85. The van der Waals surface area contributed by atoms with Crippen LogP contribution in [0, 0.1) is 0 Å². The first-order valence-corrected chi connectivity index (χ1v) is 9.27. The third-order valence-corrected chi connectivity index (χ3v) is 4.38. The van der Waals surface area contributed by atoms with Crippen LogP contribution in [0.3, 0.4) is 0 Å². The molecule has 3 rings (SSSR count). The van der Waals surface area contributed by atoms with E-state index in [4.69, 9.17) is 4.74 Å². The molecule has 1 heterocycles. The summed E-state index contributed by atoms with van der Waals surface area (Å²) in [6.07, 6.45) is 3.87. The molecular formula is C22H24N4O2. The highest BCUT2D eigenvalue weighted by atomic mass is 16.5. The van der Waals surface area contributed by atoms with E-state index in [-0.39, 0.29) is 5.91 Å². The van der Waals surface area contributed by atoms with Gasteiger partial charge in [0, 0.05) is 31.2 Å². The number of anilines is 2. The zero-order chi connectivity index (χ0) is 19.8. The molecular weight excluding hydrogens is 352 g/mol. The molecule has 0 spiro atoms. The van der Waals surface area contributed by atoms with Crippen LogP contribution >= 0.6 is 0 Å². The van der Waals surface area contributed by atoms with Gasteiger partial charge in [-0.1, -0.05) is 30.3 Å². The maximum absolute atomic E-state index is 12.3. The molecule has 0 bridgehead atoms. The minimum atomic E-state index is -0.178. The van der Waals surface area contributed by atoms with E-state index in [1.807, 2.05) is 66.4 Å². The summed E-state index contributed by atoms with van der Waals surface area (Å²) in [4.78, 5) is 23.1. The fraction of sp³-hybridized carbons (Fsp3) is 0.227. The van der Waals surface area contributed by atoms with E-state index in [9.17, 15) is 4.79 Å². The van der Waals surface area contributed by atoms with Gasteiger partial charge in [0.2, 0.25) is 5.95 Å². The molecule has 1 N–H and O–H groups in total. The highest BCUT2D eigenvalue weighted by Gasteiger charge is 2.12. The topological polar surface area (TPSA) is 67.4 Å². The quantitative estimate of drug-likeness (QED) is 0.650. The van der Waals surface area contributed by atoms with Crippen molar-refractivity contribution in [1.82, 2.24) is 15.3 Å². The molecule has 0 saturated heterocycles. The number of para-hydroxylation sites is 1. The normalized spacial score (nSPS) is 10.4. The second kappa shape index (κ2) is 9.50. The predicted molar refractivity (Wildman–Crippen MR) is 110 cm³/mol. The van der Waals surface area contributed by atoms with Crippen LogP contribution in [-0.4, -0.2) is 36.1 Å². The van der Waals surface area contributed by atoms with E-state index in [1.54, 1.807) is 19.5 Å². The summed E-state index contributed by atoms with van der Waals surface area (Å²) < 4.78 is 5.15. The van der Waals surface area contributed by atoms with Crippen LogP contribution in [0.4, 0.5) is 11.6 Å². The van der Waals surface area contributed by atoms with Gasteiger partial charge < -0.3 is 15.0 Å². The zero-order valence-corrected chi connectivity index (χ0v) is 16.1. The van der Waals surface area contributed by atoms with E-state index in [0.717, 1.165) is 30.0 Å². The second-order valence-electron chi connectivity index (χ2n) is 6.21. The Morgan fingerprint density at radius 1 is 1.04 bits per heavy atom. The highest BCUT2D eigenvalue weighted by molar-refractivity contribution is 5.93. The fourth-order valence-electron chi connectivity index (χ4n) is 2.84. The minimum Gasteiger partial charge on any atom is -0.497 e. The molecule has 0 aliphatic rings. The lowest BCUT2D eigenvalue weighted by Gasteiger charge is -2.20. The van der Waals surface area contributed by atoms with Gasteiger partial charge in [0.25, 0.3) is 5.91 Å². The Labute approximate surface area is 165 Å². The van der Waals surface area contributed by atoms with Gasteiger partial charge in [0.15, 0.2) is 0 Å². The van der Waals surface area contributed by atoms with Crippen molar-refractivity contribution in [2.75, 3.05) is 25.1 Å². The molecule has 0 atom stereocenters. The number of nitrogens with zero attached hydrogens (tertiary/aromatic N) is 3. The van der Waals surface area contributed by atoms with Gasteiger partial charge in [-0.2, -0.15) is 0 Å². The lowest BCUT2D eigenvalue weighted by atomic mass is 10.1. The molecule has 0 aliphatic carbocycles. The van der Waals surface area contributed by atoms with Crippen molar-refractivity contribution in [2.45, 2.75) is 13.3 Å². The number of amides is 1. The van der Waals surface area contributed by atoms with Gasteiger partial charge in [-0.3, -0.25) is 4.79 Å². The third-order valence-electron chi connectivity index (χ3n) is 4.38. The van der Waals surface area contributed by atoms with E-state index >= 15 is 0 Å². The van der Waals surface area contributed by atoms with Crippen molar-refractivity contribution in [2.24, 2.45) is 0 Å². The number of hydrogen-bond acceptors (Lipinski definition) is 5. The highest BCUT2D eigenvalue weighted by Crippen LogP contribution is 2.20. The molecule has 0 unspecified atom stereocenters. The van der Waals surface area contributed by atoms with Gasteiger partial charge in [-0.25, -0.2) is 9.97 Å². The van der Waals surface area contributed by atoms with Gasteiger partial charge in [0.05, 0.1) is 12.7 Å². The van der Waals surface area contributed by atoms with Crippen LogP contribution in [0.5, 0.6) is 5.75 Å². The Morgan fingerprint density at radius 3 is 2.32 bits per heavy atom. The van der Waals surface area contributed by atoms with E-state index in [0.29, 0.717) is 18.1 Å². The molecule has 2 aromatic carbocycles. The Kier molecular flexibility index (Phi) is 6.57. The first kappa shape index (κ1) is 19.4. The largest absolute Gasteiger partial charge is 0.497 e. The van der Waals surface area contributed by atoms with E-state index in [2.05, 4.69) is 15.3 Å². The summed E-state index contributed by atoms with van der Waals surface area (Å²) >= 11 is 0. The van der Waals surface area contributed by atoms with Crippen LogP contribution in [-0.2, 0) is 6.42 Å². The van der Waals surface area contributed by atoms with Gasteiger partial charge in [-0.15, -0.1) is 0 Å².